The first kappa shape index (κ1) is 13.2. The van der Waals surface area contributed by atoms with Gasteiger partial charge in [-0.1, -0.05) is 24.6 Å². The number of ether oxygens (including phenoxy) is 2. The highest BCUT2D eigenvalue weighted by Gasteiger charge is 2.52. The first-order valence-corrected chi connectivity index (χ1v) is 7.08. The molecule has 3 rings (SSSR count). The van der Waals surface area contributed by atoms with Crippen molar-refractivity contribution >= 4 is 11.9 Å². The van der Waals surface area contributed by atoms with Crippen LogP contribution in [0.3, 0.4) is 0 Å². The van der Waals surface area contributed by atoms with Gasteiger partial charge in [0.2, 0.25) is 0 Å². The molecule has 0 bridgehead atoms. The van der Waals surface area contributed by atoms with Gasteiger partial charge in [-0.2, -0.15) is 0 Å². The summed E-state index contributed by atoms with van der Waals surface area (Å²) in [6.45, 7) is 0. The predicted molar refractivity (Wildman–Crippen MR) is 72.4 cm³/mol. The van der Waals surface area contributed by atoms with Crippen LogP contribution in [0.25, 0.3) is 0 Å². The van der Waals surface area contributed by atoms with Crippen molar-refractivity contribution in [3.8, 4) is 0 Å². The monoisotopic (exact) mass is 274 g/mol. The van der Waals surface area contributed by atoms with Crippen LogP contribution in [0.15, 0.2) is 24.3 Å². The van der Waals surface area contributed by atoms with E-state index in [1.807, 2.05) is 12.1 Å². The topological polar surface area (TPSA) is 52.6 Å². The van der Waals surface area contributed by atoms with Gasteiger partial charge in [0, 0.05) is 0 Å². The highest BCUT2D eigenvalue weighted by atomic mass is 16.6. The summed E-state index contributed by atoms with van der Waals surface area (Å²) in [5, 5.41) is 0. The highest BCUT2D eigenvalue weighted by molar-refractivity contribution is 5.96. The molecule has 1 heterocycles. The average Bonchev–Trinajstić information content (AvgIpc) is 2.48. The number of carbonyl (C=O) groups excluding carboxylic acids is 2. The number of fused-ring (bicyclic) bond motifs is 1. The molecule has 1 aromatic rings. The molecule has 20 heavy (non-hydrogen) atoms. The fourth-order valence-corrected chi connectivity index (χ4v) is 3.52. The molecule has 106 valence electrons. The van der Waals surface area contributed by atoms with Crippen LogP contribution >= 0.6 is 0 Å². The van der Waals surface area contributed by atoms with Crippen LogP contribution in [0.2, 0.25) is 0 Å². The molecule has 1 aliphatic heterocycles. The van der Waals surface area contributed by atoms with Crippen LogP contribution in [0.1, 0.15) is 53.9 Å². The summed E-state index contributed by atoms with van der Waals surface area (Å²) in [6, 6.07) is 7.19. The van der Waals surface area contributed by atoms with E-state index in [4.69, 9.17) is 9.47 Å². The van der Waals surface area contributed by atoms with Gasteiger partial charge in [-0.3, -0.25) is 4.79 Å². The Labute approximate surface area is 118 Å². The molecular weight excluding hydrogens is 256 g/mol. The molecule has 4 heteroatoms. The SMILES string of the molecule is COC(=O)[C@H]1c2ccccc2C(=O)OC12CCCCC2. The fraction of sp³-hybridized carbons (Fsp3) is 0.500. The summed E-state index contributed by atoms with van der Waals surface area (Å²) >= 11 is 0. The number of hydrogen-bond donors (Lipinski definition) is 0. The molecule has 1 atom stereocenters. The third kappa shape index (κ3) is 1.90. The Kier molecular flexibility index (Phi) is 3.24. The minimum absolute atomic E-state index is 0.313. The van der Waals surface area contributed by atoms with Gasteiger partial charge in [-0.05, 0) is 37.3 Å². The van der Waals surface area contributed by atoms with E-state index in [-0.39, 0.29) is 11.9 Å². The van der Waals surface area contributed by atoms with Gasteiger partial charge >= 0.3 is 11.9 Å². The molecule has 0 unspecified atom stereocenters. The molecule has 1 aromatic carbocycles. The summed E-state index contributed by atoms with van der Waals surface area (Å²) in [7, 11) is 1.39. The number of benzene rings is 1. The second kappa shape index (κ2) is 4.93. The molecule has 1 aliphatic carbocycles. The Morgan fingerprint density at radius 1 is 1.25 bits per heavy atom. The maximum Gasteiger partial charge on any atom is 0.339 e. The lowest BCUT2D eigenvalue weighted by Crippen LogP contribution is -2.50. The van der Waals surface area contributed by atoms with Crippen LogP contribution in [0.5, 0.6) is 0 Å². The summed E-state index contributed by atoms with van der Waals surface area (Å²) in [5.74, 6) is -1.13. The summed E-state index contributed by atoms with van der Waals surface area (Å²) in [6.07, 6.45) is 4.53. The smallest absolute Gasteiger partial charge is 0.339 e. The van der Waals surface area contributed by atoms with Gasteiger partial charge in [-0.15, -0.1) is 0 Å². The van der Waals surface area contributed by atoms with E-state index < -0.39 is 11.5 Å². The Hall–Kier alpha value is -1.84. The zero-order valence-electron chi connectivity index (χ0n) is 11.6. The summed E-state index contributed by atoms with van der Waals surface area (Å²) in [5.41, 5.74) is 0.521. The van der Waals surface area contributed by atoms with E-state index in [1.165, 1.54) is 7.11 Å². The second-order valence-electron chi connectivity index (χ2n) is 5.56. The molecule has 0 amide bonds. The molecule has 2 aliphatic rings. The van der Waals surface area contributed by atoms with Crippen molar-refractivity contribution in [2.45, 2.75) is 43.6 Å². The fourth-order valence-electron chi connectivity index (χ4n) is 3.52. The quantitative estimate of drug-likeness (QED) is 0.739. The maximum absolute atomic E-state index is 12.3. The van der Waals surface area contributed by atoms with Gasteiger partial charge < -0.3 is 9.47 Å². The summed E-state index contributed by atoms with van der Waals surface area (Å²) < 4.78 is 10.7. The van der Waals surface area contributed by atoms with Crippen LogP contribution in [0.4, 0.5) is 0 Å². The van der Waals surface area contributed by atoms with Crippen molar-refractivity contribution in [3.05, 3.63) is 35.4 Å². The highest BCUT2D eigenvalue weighted by Crippen LogP contribution is 2.47. The lowest BCUT2D eigenvalue weighted by Gasteiger charge is -2.44. The number of esters is 2. The third-order valence-electron chi connectivity index (χ3n) is 4.45. The maximum atomic E-state index is 12.3. The molecule has 0 aromatic heterocycles. The Morgan fingerprint density at radius 3 is 2.65 bits per heavy atom. The van der Waals surface area contributed by atoms with Gasteiger partial charge in [0.25, 0.3) is 0 Å². The van der Waals surface area contributed by atoms with E-state index >= 15 is 0 Å². The zero-order valence-corrected chi connectivity index (χ0v) is 11.6. The van der Waals surface area contributed by atoms with Gasteiger partial charge in [-0.25, -0.2) is 4.79 Å². The molecule has 1 saturated carbocycles. The van der Waals surface area contributed by atoms with E-state index in [2.05, 4.69) is 0 Å². The van der Waals surface area contributed by atoms with E-state index in [0.717, 1.165) is 37.7 Å². The van der Waals surface area contributed by atoms with Gasteiger partial charge in [0.05, 0.1) is 12.7 Å². The van der Waals surface area contributed by atoms with Crippen LogP contribution < -0.4 is 0 Å². The lowest BCUT2D eigenvalue weighted by atomic mass is 9.70. The normalized spacial score (nSPS) is 23.9. The first-order chi connectivity index (χ1) is 9.68. The minimum Gasteiger partial charge on any atom is -0.468 e. The molecular formula is C16H18O4. The van der Waals surface area contributed by atoms with Crippen molar-refractivity contribution in [1.29, 1.82) is 0 Å². The molecule has 0 saturated heterocycles. The number of hydrogen-bond acceptors (Lipinski definition) is 4. The van der Waals surface area contributed by atoms with Crippen LogP contribution in [-0.2, 0) is 14.3 Å². The lowest BCUT2D eigenvalue weighted by molar-refractivity contribution is -0.153. The Morgan fingerprint density at radius 2 is 1.95 bits per heavy atom. The second-order valence-corrected chi connectivity index (χ2v) is 5.56. The predicted octanol–water partition coefficient (Wildman–Crippen LogP) is 2.82. The van der Waals surface area contributed by atoms with Crippen molar-refractivity contribution in [3.63, 3.8) is 0 Å². The number of methoxy groups -OCH3 is 1. The Balaban J connectivity index is 2.13. The van der Waals surface area contributed by atoms with E-state index in [1.54, 1.807) is 12.1 Å². The largest absolute Gasteiger partial charge is 0.468 e. The van der Waals surface area contributed by atoms with E-state index in [9.17, 15) is 9.59 Å². The number of carbonyl (C=O) groups is 2. The third-order valence-corrected chi connectivity index (χ3v) is 4.45. The zero-order chi connectivity index (χ0) is 14.2. The average molecular weight is 274 g/mol. The van der Waals surface area contributed by atoms with Crippen molar-refractivity contribution in [1.82, 2.24) is 0 Å². The van der Waals surface area contributed by atoms with Gasteiger partial charge in [0.1, 0.15) is 11.5 Å². The molecule has 0 radical (unpaired) electrons. The minimum atomic E-state index is -0.712. The summed E-state index contributed by atoms with van der Waals surface area (Å²) in [4.78, 5) is 24.5. The Bertz CT molecular complexity index is 543. The number of rotatable bonds is 1. The van der Waals surface area contributed by atoms with Crippen LogP contribution in [-0.4, -0.2) is 24.6 Å². The molecule has 1 fully saturated rings. The van der Waals surface area contributed by atoms with Crippen molar-refractivity contribution in [2.75, 3.05) is 7.11 Å². The van der Waals surface area contributed by atoms with Gasteiger partial charge in [0.15, 0.2) is 0 Å². The van der Waals surface area contributed by atoms with Crippen molar-refractivity contribution < 1.29 is 19.1 Å². The molecule has 0 N–H and O–H groups in total. The van der Waals surface area contributed by atoms with Crippen LogP contribution in [0, 0.1) is 0 Å². The molecule has 4 nitrogen and oxygen atoms in total. The standard InChI is InChI=1S/C16H18O4/c1-19-15(18)13-11-7-3-4-8-12(11)14(17)20-16(13)9-5-2-6-10-16/h3-4,7-8,13H,2,5-6,9-10H2,1H3/t13-/m1/s1. The first-order valence-electron chi connectivity index (χ1n) is 7.08. The molecule has 1 spiro atoms. The van der Waals surface area contributed by atoms with Crippen molar-refractivity contribution in [2.24, 2.45) is 0 Å². The van der Waals surface area contributed by atoms with E-state index in [0.29, 0.717) is 5.56 Å².